The number of halogens is 1. The van der Waals surface area contributed by atoms with Crippen LogP contribution in [0, 0.1) is 5.82 Å². The molecule has 1 aromatic heterocycles. The van der Waals surface area contributed by atoms with Crippen molar-refractivity contribution in [3.8, 4) is 0 Å². The summed E-state index contributed by atoms with van der Waals surface area (Å²) in [6.45, 7) is 0.229. The number of carbonyl (C=O) groups excluding carboxylic acids is 1. The number of thioether (sulfide) groups is 1. The molecule has 0 aliphatic carbocycles. The summed E-state index contributed by atoms with van der Waals surface area (Å²) in [6, 6.07) is 20.6. The SMILES string of the molecule is CN(C)c1ccc(NC(=O)CSc2nc3ccccc3c(=O)n2Cc2ccc(F)cc2)cc1. The Bertz CT molecular complexity index is 1340. The first-order valence-corrected chi connectivity index (χ1v) is 11.3. The molecule has 6 nitrogen and oxygen atoms in total. The van der Waals surface area contributed by atoms with E-state index in [1.807, 2.05) is 49.3 Å². The molecule has 0 radical (unpaired) electrons. The molecule has 1 N–H and O–H groups in total. The number of anilines is 2. The van der Waals surface area contributed by atoms with E-state index in [-0.39, 0.29) is 29.6 Å². The van der Waals surface area contributed by atoms with Gasteiger partial charge >= 0.3 is 0 Å². The van der Waals surface area contributed by atoms with Crippen LogP contribution < -0.4 is 15.8 Å². The van der Waals surface area contributed by atoms with E-state index in [1.54, 1.807) is 30.3 Å². The first-order valence-electron chi connectivity index (χ1n) is 10.3. The summed E-state index contributed by atoms with van der Waals surface area (Å²) in [5.74, 6) is -0.454. The largest absolute Gasteiger partial charge is 0.378 e. The van der Waals surface area contributed by atoms with E-state index in [4.69, 9.17) is 0 Å². The molecule has 0 saturated heterocycles. The van der Waals surface area contributed by atoms with Crippen LogP contribution in [0.5, 0.6) is 0 Å². The highest BCUT2D eigenvalue weighted by Crippen LogP contribution is 2.20. The van der Waals surface area contributed by atoms with Crippen LogP contribution in [0.3, 0.4) is 0 Å². The maximum absolute atomic E-state index is 13.3. The number of aromatic nitrogens is 2. The van der Waals surface area contributed by atoms with Crippen molar-refractivity contribution >= 4 is 39.9 Å². The van der Waals surface area contributed by atoms with E-state index in [0.717, 1.165) is 11.3 Å². The van der Waals surface area contributed by atoms with Crippen molar-refractivity contribution in [2.45, 2.75) is 11.7 Å². The quantitative estimate of drug-likeness (QED) is 0.326. The molecule has 4 aromatic rings. The first-order chi connectivity index (χ1) is 15.9. The summed E-state index contributed by atoms with van der Waals surface area (Å²) in [4.78, 5) is 32.3. The fraction of sp³-hybridized carbons (Fsp3) is 0.160. The van der Waals surface area contributed by atoms with E-state index >= 15 is 0 Å². The molecule has 1 heterocycles. The number of fused-ring (bicyclic) bond motifs is 1. The second-order valence-corrected chi connectivity index (χ2v) is 8.65. The lowest BCUT2D eigenvalue weighted by Crippen LogP contribution is -2.25. The lowest BCUT2D eigenvalue weighted by molar-refractivity contribution is -0.113. The van der Waals surface area contributed by atoms with Gasteiger partial charge in [-0.25, -0.2) is 9.37 Å². The summed E-state index contributed by atoms with van der Waals surface area (Å²) < 4.78 is 14.8. The van der Waals surface area contributed by atoms with E-state index in [2.05, 4.69) is 10.3 Å². The Kier molecular flexibility index (Phi) is 6.74. The van der Waals surface area contributed by atoms with E-state index in [0.29, 0.717) is 21.7 Å². The highest BCUT2D eigenvalue weighted by atomic mass is 32.2. The van der Waals surface area contributed by atoms with E-state index < -0.39 is 0 Å². The van der Waals surface area contributed by atoms with Crippen LogP contribution in [0.1, 0.15) is 5.56 Å². The van der Waals surface area contributed by atoms with Gasteiger partial charge in [0.25, 0.3) is 5.56 Å². The molecule has 0 aliphatic heterocycles. The Morgan fingerprint density at radius 2 is 1.73 bits per heavy atom. The average Bonchev–Trinajstić information content (AvgIpc) is 2.81. The Hall–Kier alpha value is -3.65. The molecule has 168 valence electrons. The Balaban J connectivity index is 1.56. The molecular formula is C25H23FN4O2S. The zero-order valence-corrected chi connectivity index (χ0v) is 19.1. The highest BCUT2D eigenvalue weighted by Gasteiger charge is 2.14. The van der Waals surface area contributed by atoms with Crippen molar-refractivity contribution in [1.82, 2.24) is 9.55 Å². The van der Waals surface area contributed by atoms with Crippen LogP contribution in [0.2, 0.25) is 0 Å². The predicted octanol–water partition coefficient (Wildman–Crippen LogP) is 4.38. The number of nitrogens with one attached hydrogen (secondary N) is 1. The van der Waals surface area contributed by atoms with Crippen LogP contribution >= 0.6 is 11.8 Å². The second kappa shape index (κ2) is 9.87. The van der Waals surface area contributed by atoms with Crippen LogP contribution in [0.15, 0.2) is 82.7 Å². The minimum Gasteiger partial charge on any atom is -0.378 e. The van der Waals surface area contributed by atoms with Gasteiger partial charge in [0, 0.05) is 25.5 Å². The van der Waals surface area contributed by atoms with Gasteiger partial charge in [-0.05, 0) is 54.1 Å². The Morgan fingerprint density at radius 3 is 2.42 bits per heavy atom. The summed E-state index contributed by atoms with van der Waals surface area (Å²) in [5, 5.41) is 3.80. The zero-order chi connectivity index (χ0) is 23.4. The van der Waals surface area contributed by atoms with Gasteiger partial charge in [-0.15, -0.1) is 0 Å². The molecule has 0 atom stereocenters. The van der Waals surface area contributed by atoms with Crippen molar-refractivity contribution in [2.75, 3.05) is 30.1 Å². The van der Waals surface area contributed by atoms with Gasteiger partial charge < -0.3 is 10.2 Å². The van der Waals surface area contributed by atoms with Crippen LogP contribution in [0.25, 0.3) is 10.9 Å². The van der Waals surface area contributed by atoms with Crippen molar-refractivity contribution in [3.63, 3.8) is 0 Å². The standard InChI is InChI=1S/C25H23FN4O2S/c1-29(2)20-13-11-19(12-14-20)27-23(31)16-33-25-28-22-6-4-3-5-21(22)24(32)30(25)15-17-7-9-18(26)10-8-17/h3-14H,15-16H2,1-2H3,(H,27,31). The van der Waals surface area contributed by atoms with Crippen LogP contribution in [0.4, 0.5) is 15.8 Å². The predicted molar refractivity (Wildman–Crippen MR) is 132 cm³/mol. The fourth-order valence-corrected chi connectivity index (χ4v) is 4.14. The van der Waals surface area contributed by atoms with Crippen molar-refractivity contribution < 1.29 is 9.18 Å². The smallest absolute Gasteiger partial charge is 0.262 e. The van der Waals surface area contributed by atoms with E-state index in [1.165, 1.54) is 28.5 Å². The molecule has 0 fully saturated rings. The summed E-state index contributed by atoms with van der Waals surface area (Å²) in [7, 11) is 3.90. The number of para-hydroxylation sites is 1. The Morgan fingerprint density at radius 1 is 1.03 bits per heavy atom. The number of rotatable bonds is 7. The van der Waals surface area contributed by atoms with Gasteiger partial charge in [0.15, 0.2) is 5.16 Å². The lowest BCUT2D eigenvalue weighted by atomic mass is 10.2. The van der Waals surface area contributed by atoms with Gasteiger partial charge in [0.2, 0.25) is 5.91 Å². The maximum atomic E-state index is 13.3. The summed E-state index contributed by atoms with van der Waals surface area (Å²) in [5.41, 5.74) is 2.86. The topological polar surface area (TPSA) is 67.2 Å². The van der Waals surface area contributed by atoms with Crippen LogP contribution in [-0.4, -0.2) is 35.3 Å². The van der Waals surface area contributed by atoms with Gasteiger partial charge in [0.05, 0.1) is 23.2 Å². The normalized spacial score (nSPS) is 10.9. The number of carbonyl (C=O) groups is 1. The average molecular weight is 463 g/mol. The van der Waals surface area contributed by atoms with Crippen molar-refractivity contribution in [3.05, 3.63) is 94.5 Å². The monoisotopic (exact) mass is 462 g/mol. The molecule has 0 saturated carbocycles. The lowest BCUT2D eigenvalue weighted by Gasteiger charge is -2.14. The molecule has 8 heteroatoms. The van der Waals surface area contributed by atoms with Gasteiger partial charge in [-0.3, -0.25) is 14.2 Å². The molecule has 0 aliphatic rings. The molecule has 0 spiro atoms. The third kappa shape index (κ3) is 5.40. The third-order valence-corrected chi connectivity index (χ3v) is 6.06. The Labute approximate surface area is 195 Å². The maximum Gasteiger partial charge on any atom is 0.262 e. The molecule has 0 unspecified atom stereocenters. The first kappa shape index (κ1) is 22.5. The summed E-state index contributed by atoms with van der Waals surface area (Å²) in [6.07, 6.45) is 0. The number of hydrogen-bond donors (Lipinski definition) is 1. The number of amides is 1. The fourth-order valence-electron chi connectivity index (χ4n) is 3.34. The van der Waals surface area contributed by atoms with Gasteiger partial charge in [0.1, 0.15) is 5.82 Å². The molecular weight excluding hydrogens is 439 g/mol. The summed E-state index contributed by atoms with van der Waals surface area (Å²) >= 11 is 1.19. The van der Waals surface area contributed by atoms with Gasteiger partial charge in [-0.2, -0.15) is 0 Å². The molecule has 0 bridgehead atoms. The highest BCUT2D eigenvalue weighted by molar-refractivity contribution is 7.99. The molecule has 33 heavy (non-hydrogen) atoms. The number of nitrogens with zero attached hydrogens (tertiary/aromatic N) is 3. The number of hydrogen-bond acceptors (Lipinski definition) is 5. The molecule has 4 rings (SSSR count). The van der Waals surface area contributed by atoms with Crippen molar-refractivity contribution in [2.24, 2.45) is 0 Å². The number of benzene rings is 3. The van der Waals surface area contributed by atoms with E-state index in [9.17, 15) is 14.0 Å². The van der Waals surface area contributed by atoms with Crippen LogP contribution in [-0.2, 0) is 11.3 Å². The minimum atomic E-state index is -0.340. The molecule has 3 aromatic carbocycles. The van der Waals surface area contributed by atoms with Gasteiger partial charge in [-0.1, -0.05) is 36.0 Å². The van der Waals surface area contributed by atoms with Crippen molar-refractivity contribution in [1.29, 1.82) is 0 Å². The minimum absolute atomic E-state index is 0.0869. The third-order valence-electron chi connectivity index (χ3n) is 5.08. The zero-order valence-electron chi connectivity index (χ0n) is 18.3. The molecule has 1 amide bonds. The second-order valence-electron chi connectivity index (χ2n) is 7.71.